The van der Waals surface area contributed by atoms with E-state index < -0.39 is 23.6 Å². The van der Waals surface area contributed by atoms with Gasteiger partial charge < -0.3 is 15.7 Å². The highest BCUT2D eigenvalue weighted by atomic mass is 16.4. The predicted molar refractivity (Wildman–Crippen MR) is 68.0 cm³/mol. The van der Waals surface area contributed by atoms with Gasteiger partial charge in [-0.15, -0.1) is 6.42 Å². The molecule has 0 aromatic carbocycles. The largest absolute Gasteiger partial charge is 0.480 e. The van der Waals surface area contributed by atoms with Crippen molar-refractivity contribution in [2.75, 3.05) is 0 Å². The second-order valence-corrected chi connectivity index (χ2v) is 4.79. The van der Waals surface area contributed by atoms with Gasteiger partial charge in [0.05, 0.1) is 6.04 Å². The van der Waals surface area contributed by atoms with Crippen LogP contribution in [0.4, 0.5) is 4.79 Å². The van der Waals surface area contributed by atoms with E-state index in [2.05, 4.69) is 16.6 Å². The van der Waals surface area contributed by atoms with Crippen molar-refractivity contribution in [3.05, 3.63) is 0 Å². The van der Waals surface area contributed by atoms with Crippen molar-refractivity contribution in [3.8, 4) is 12.3 Å². The van der Waals surface area contributed by atoms with Gasteiger partial charge in [-0.25, -0.2) is 9.59 Å². The van der Waals surface area contributed by atoms with Crippen molar-refractivity contribution in [2.24, 2.45) is 0 Å². The first kappa shape index (κ1) is 14.4. The Morgan fingerprint density at radius 2 is 1.83 bits per heavy atom. The summed E-state index contributed by atoms with van der Waals surface area (Å²) >= 11 is 0. The predicted octanol–water partition coefficient (Wildman–Crippen LogP) is 1.48. The molecule has 2 amide bonds. The fourth-order valence-corrected chi connectivity index (χ4v) is 2.22. The zero-order valence-corrected chi connectivity index (χ0v) is 10.7. The van der Waals surface area contributed by atoms with Crippen LogP contribution in [-0.4, -0.2) is 28.7 Å². The van der Waals surface area contributed by atoms with Crippen LogP contribution in [0.25, 0.3) is 0 Å². The van der Waals surface area contributed by atoms with Crippen molar-refractivity contribution in [3.63, 3.8) is 0 Å². The lowest BCUT2D eigenvalue weighted by Crippen LogP contribution is -2.57. The van der Waals surface area contributed by atoms with E-state index in [1.165, 1.54) is 0 Å². The molecule has 18 heavy (non-hydrogen) atoms. The number of nitrogens with one attached hydrogen (secondary N) is 2. The third-order valence-electron chi connectivity index (χ3n) is 3.32. The van der Waals surface area contributed by atoms with E-state index in [1.54, 1.807) is 6.92 Å². The number of carbonyl (C=O) groups excluding carboxylic acids is 1. The van der Waals surface area contributed by atoms with E-state index in [1.807, 2.05) is 0 Å². The average molecular weight is 252 g/mol. The van der Waals surface area contributed by atoms with Crippen LogP contribution in [0.2, 0.25) is 0 Å². The van der Waals surface area contributed by atoms with E-state index in [9.17, 15) is 14.7 Å². The molecular weight excluding hydrogens is 232 g/mol. The molecule has 3 N–H and O–H groups in total. The number of carbonyl (C=O) groups is 2. The molecule has 0 aliphatic heterocycles. The molecule has 1 aliphatic rings. The van der Waals surface area contributed by atoms with Crippen LogP contribution in [0.5, 0.6) is 0 Å². The molecule has 0 aromatic heterocycles. The van der Waals surface area contributed by atoms with Crippen LogP contribution in [0.1, 0.15) is 45.4 Å². The van der Waals surface area contributed by atoms with Crippen LogP contribution in [-0.2, 0) is 4.79 Å². The minimum atomic E-state index is -1.14. The fraction of sp³-hybridized carbons (Fsp3) is 0.692. The highest BCUT2D eigenvalue weighted by Crippen LogP contribution is 2.27. The van der Waals surface area contributed by atoms with Gasteiger partial charge in [-0.3, -0.25) is 0 Å². The van der Waals surface area contributed by atoms with E-state index >= 15 is 0 Å². The third-order valence-corrected chi connectivity index (χ3v) is 3.32. The van der Waals surface area contributed by atoms with Crippen molar-refractivity contribution < 1.29 is 14.7 Å². The molecule has 1 fully saturated rings. The minimum Gasteiger partial charge on any atom is -0.480 e. The number of hydrogen-bond acceptors (Lipinski definition) is 2. The Balaban J connectivity index is 2.70. The number of amides is 2. The van der Waals surface area contributed by atoms with Crippen molar-refractivity contribution in [1.82, 2.24) is 10.6 Å². The van der Waals surface area contributed by atoms with Gasteiger partial charge in [0.1, 0.15) is 5.54 Å². The number of urea groups is 1. The van der Waals surface area contributed by atoms with Crippen molar-refractivity contribution >= 4 is 12.0 Å². The van der Waals surface area contributed by atoms with Crippen LogP contribution >= 0.6 is 0 Å². The highest BCUT2D eigenvalue weighted by molar-refractivity contribution is 5.86. The quantitative estimate of drug-likeness (QED) is 0.526. The van der Waals surface area contributed by atoms with Crippen LogP contribution in [0, 0.1) is 12.3 Å². The maximum Gasteiger partial charge on any atom is 0.329 e. The van der Waals surface area contributed by atoms with E-state index in [0.717, 1.165) is 25.7 Å². The zero-order valence-electron chi connectivity index (χ0n) is 10.7. The molecule has 1 aliphatic carbocycles. The smallest absolute Gasteiger partial charge is 0.329 e. The second kappa shape index (κ2) is 6.29. The Morgan fingerprint density at radius 1 is 1.28 bits per heavy atom. The summed E-state index contributed by atoms with van der Waals surface area (Å²) in [5.74, 6) is 1.40. The molecular formula is C13H20N2O3. The summed E-state index contributed by atoms with van der Waals surface area (Å²) in [6, 6.07) is -0.925. The van der Waals surface area contributed by atoms with Gasteiger partial charge in [-0.1, -0.05) is 31.6 Å². The summed E-state index contributed by atoms with van der Waals surface area (Å²) in [6.45, 7) is 1.67. The van der Waals surface area contributed by atoms with Gasteiger partial charge in [0.25, 0.3) is 0 Å². The summed E-state index contributed by atoms with van der Waals surface area (Å²) in [5.41, 5.74) is -1.14. The molecule has 0 aromatic rings. The normalized spacial score (nSPS) is 20.0. The summed E-state index contributed by atoms with van der Waals surface area (Å²) in [7, 11) is 0. The fourth-order valence-electron chi connectivity index (χ4n) is 2.22. The van der Waals surface area contributed by atoms with Crippen LogP contribution in [0.15, 0.2) is 0 Å². The third kappa shape index (κ3) is 3.66. The summed E-state index contributed by atoms with van der Waals surface area (Å²) in [5, 5.41) is 14.5. The summed E-state index contributed by atoms with van der Waals surface area (Å²) in [4.78, 5) is 23.2. The van der Waals surface area contributed by atoms with Gasteiger partial charge in [0, 0.05) is 0 Å². The second-order valence-electron chi connectivity index (χ2n) is 4.79. The molecule has 5 nitrogen and oxygen atoms in total. The Kier molecular flexibility index (Phi) is 5.02. The lowest BCUT2D eigenvalue weighted by Gasteiger charge is -2.29. The maximum atomic E-state index is 11.7. The SMILES string of the molecule is C#CC(C)NC(=O)NC1(C(=O)O)CCCCCC1. The molecule has 1 atom stereocenters. The van der Waals surface area contributed by atoms with Crippen LogP contribution in [0.3, 0.4) is 0 Å². The Hall–Kier alpha value is -1.70. The lowest BCUT2D eigenvalue weighted by molar-refractivity contribution is -0.145. The van der Waals surface area contributed by atoms with Gasteiger partial charge in [-0.2, -0.15) is 0 Å². The maximum absolute atomic E-state index is 11.7. The molecule has 1 saturated carbocycles. The number of rotatable bonds is 3. The monoisotopic (exact) mass is 252 g/mol. The van der Waals surface area contributed by atoms with Crippen LogP contribution < -0.4 is 10.6 Å². The molecule has 0 radical (unpaired) electrons. The van der Waals surface area contributed by atoms with Crippen molar-refractivity contribution in [2.45, 2.75) is 57.0 Å². The first-order valence-corrected chi connectivity index (χ1v) is 6.28. The van der Waals surface area contributed by atoms with E-state index in [0.29, 0.717) is 12.8 Å². The van der Waals surface area contributed by atoms with E-state index in [4.69, 9.17) is 6.42 Å². The van der Waals surface area contributed by atoms with Gasteiger partial charge in [-0.05, 0) is 19.8 Å². The molecule has 0 heterocycles. The molecule has 0 spiro atoms. The molecule has 1 unspecified atom stereocenters. The Morgan fingerprint density at radius 3 is 2.28 bits per heavy atom. The van der Waals surface area contributed by atoms with E-state index in [-0.39, 0.29) is 0 Å². The number of aliphatic carboxylic acids is 1. The average Bonchev–Trinajstić information content (AvgIpc) is 2.55. The van der Waals surface area contributed by atoms with Gasteiger partial charge in [0.2, 0.25) is 0 Å². The van der Waals surface area contributed by atoms with Gasteiger partial charge in [0.15, 0.2) is 0 Å². The Bertz CT molecular complexity index is 352. The van der Waals surface area contributed by atoms with Gasteiger partial charge >= 0.3 is 12.0 Å². The lowest BCUT2D eigenvalue weighted by atomic mass is 9.90. The summed E-state index contributed by atoms with van der Waals surface area (Å²) in [6.07, 6.45) is 9.77. The molecule has 100 valence electrons. The first-order chi connectivity index (χ1) is 8.50. The molecule has 5 heteroatoms. The first-order valence-electron chi connectivity index (χ1n) is 6.28. The minimum absolute atomic E-state index is 0.415. The standard InChI is InChI=1S/C13H20N2O3/c1-3-10(2)14-12(18)15-13(11(16)17)8-6-4-5-7-9-13/h1,10H,4-9H2,2H3,(H,16,17)(H2,14,15,18). The zero-order chi connectivity index (χ0) is 13.6. The topological polar surface area (TPSA) is 78.4 Å². The number of carboxylic acid groups (broad SMARTS) is 1. The Labute approximate surface area is 107 Å². The molecule has 0 bridgehead atoms. The van der Waals surface area contributed by atoms with Crippen molar-refractivity contribution in [1.29, 1.82) is 0 Å². The molecule has 0 saturated heterocycles. The number of carboxylic acids is 1. The molecule has 1 rings (SSSR count). The summed E-state index contributed by atoms with van der Waals surface area (Å²) < 4.78 is 0. The number of hydrogen-bond donors (Lipinski definition) is 3. The highest BCUT2D eigenvalue weighted by Gasteiger charge is 2.40. The number of terminal acetylenes is 1.